The zero-order chi connectivity index (χ0) is 12.8. The lowest BCUT2D eigenvalue weighted by Gasteiger charge is -1.99. The van der Waals surface area contributed by atoms with Gasteiger partial charge in [-0.05, 0) is 35.2 Å². The molecule has 0 fully saturated rings. The Morgan fingerprint density at radius 2 is 2.06 bits per heavy atom. The summed E-state index contributed by atoms with van der Waals surface area (Å²) < 4.78 is 0. The predicted octanol–water partition coefficient (Wildman–Crippen LogP) is 3.73. The van der Waals surface area contributed by atoms with E-state index in [4.69, 9.17) is 11.6 Å². The molecule has 0 aliphatic rings. The van der Waals surface area contributed by atoms with Crippen LogP contribution in [0.5, 0.6) is 0 Å². The molecule has 1 N–H and O–H groups in total. The highest BCUT2D eigenvalue weighted by atomic mass is 35.5. The minimum atomic E-state index is -0.0987. The number of amides is 1. The molecule has 0 unspecified atom stereocenters. The number of carbonyl (C=O) groups is 1. The summed E-state index contributed by atoms with van der Waals surface area (Å²) in [6.07, 6.45) is 3.29. The average Bonchev–Trinajstić information content (AvgIpc) is 2.89. The monoisotopic (exact) mass is 277 g/mol. The number of carbonyl (C=O) groups excluding carboxylic acids is 1. The van der Waals surface area contributed by atoms with Crippen LogP contribution in [-0.4, -0.2) is 5.91 Å². The fourth-order valence-electron chi connectivity index (χ4n) is 1.39. The van der Waals surface area contributed by atoms with Crippen LogP contribution in [0.3, 0.4) is 0 Å². The third-order valence-corrected chi connectivity index (χ3v) is 3.44. The summed E-state index contributed by atoms with van der Waals surface area (Å²) in [5.41, 5.74) is 0.950. The van der Waals surface area contributed by atoms with E-state index in [1.807, 2.05) is 29.6 Å². The number of rotatable bonds is 4. The van der Waals surface area contributed by atoms with Gasteiger partial charge in [-0.2, -0.15) is 0 Å². The highest BCUT2D eigenvalue weighted by Gasteiger charge is 1.97. The van der Waals surface area contributed by atoms with Gasteiger partial charge in [-0.3, -0.25) is 4.79 Å². The Bertz CT molecular complexity index is 531. The summed E-state index contributed by atoms with van der Waals surface area (Å²) >= 11 is 7.41. The first-order valence-corrected chi connectivity index (χ1v) is 6.74. The van der Waals surface area contributed by atoms with Crippen LogP contribution in [0.1, 0.15) is 10.4 Å². The van der Waals surface area contributed by atoms with E-state index in [1.165, 1.54) is 6.08 Å². The third-order valence-electron chi connectivity index (χ3n) is 2.31. The Kier molecular flexibility index (Phi) is 4.56. The first kappa shape index (κ1) is 12.9. The summed E-state index contributed by atoms with van der Waals surface area (Å²) in [6, 6.07) is 11.3. The standard InChI is InChI=1S/C14H12ClNOS/c15-12-6-3-11(4-7-12)5-8-14(17)16-10-13-2-1-9-18-13/h1-9H,10H2,(H,16,17). The summed E-state index contributed by atoms with van der Waals surface area (Å²) in [4.78, 5) is 12.7. The highest BCUT2D eigenvalue weighted by Crippen LogP contribution is 2.10. The summed E-state index contributed by atoms with van der Waals surface area (Å²) in [5, 5.41) is 5.51. The van der Waals surface area contributed by atoms with Crippen molar-refractivity contribution in [3.8, 4) is 0 Å². The molecule has 0 spiro atoms. The second-order valence-electron chi connectivity index (χ2n) is 3.68. The number of thiophene rings is 1. The minimum absolute atomic E-state index is 0.0987. The number of hydrogen-bond acceptors (Lipinski definition) is 2. The van der Waals surface area contributed by atoms with Gasteiger partial charge in [0, 0.05) is 16.0 Å². The van der Waals surface area contributed by atoms with Gasteiger partial charge in [-0.15, -0.1) is 11.3 Å². The lowest BCUT2D eigenvalue weighted by molar-refractivity contribution is -0.116. The molecule has 2 nitrogen and oxygen atoms in total. The SMILES string of the molecule is O=C(C=Cc1ccc(Cl)cc1)NCc1cccs1. The first-order chi connectivity index (χ1) is 8.74. The van der Waals surface area contributed by atoms with Crippen molar-refractivity contribution < 1.29 is 4.79 Å². The second kappa shape index (κ2) is 6.38. The average molecular weight is 278 g/mol. The zero-order valence-electron chi connectivity index (χ0n) is 9.60. The van der Waals surface area contributed by atoms with E-state index >= 15 is 0 Å². The van der Waals surface area contributed by atoms with Gasteiger partial charge in [0.1, 0.15) is 0 Å². The van der Waals surface area contributed by atoms with Gasteiger partial charge in [0.15, 0.2) is 0 Å². The van der Waals surface area contributed by atoms with Gasteiger partial charge in [0.2, 0.25) is 5.91 Å². The van der Waals surface area contributed by atoms with Crippen LogP contribution in [0.4, 0.5) is 0 Å². The van der Waals surface area contributed by atoms with Crippen molar-refractivity contribution in [3.05, 3.63) is 63.3 Å². The summed E-state index contributed by atoms with van der Waals surface area (Å²) in [7, 11) is 0. The fraction of sp³-hybridized carbons (Fsp3) is 0.0714. The van der Waals surface area contributed by atoms with Gasteiger partial charge in [-0.25, -0.2) is 0 Å². The molecule has 1 aromatic carbocycles. The van der Waals surface area contributed by atoms with Crippen LogP contribution < -0.4 is 5.32 Å². The molecule has 92 valence electrons. The molecule has 2 aromatic rings. The molecule has 1 amide bonds. The molecule has 0 bridgehead atoms. The lowest BCUT2D eigenvalue weighted by atomic mass is 10.2. The summed E-state index contributed by atoms with van der Waals surface area (Å²) in [6.45, 7) is 0.571. The molecule has 0 atom stereocenters. The smallest absolute Gasteiger partial charge is 0.244 e. The Morgan fingerprint density at radius 3 is 2.72 bits per heavy atom. The van der Waals surface area contributed by atoms with Crippen molar-refractivity contribution in [2.24, 2.45) is 0 Å². The Hall–Kier alpha value is -1.58. The van der Waals surface area contributed by atoms with Crippen molar-refractivity contribution in [3.63, 3.8) is 0 Å². The van der Waals surface area contributed by atoms with E-state index in [0.29, 0.717) is 11.6 Å². The minimum Gasteiger partial charge on any atom is -0.348 e. The van der Waals surface area contributed by atoms with Crippen LogP contribution in [0, 0.1) is 0 Å². The Balaban J connectivity index is 1.85. The first-order valence-electron chi connectivity index (χ1n) is 5.48. The Labute approximate surface area is 115 Å². The van der Waals surface area contributed by atoms with E-state index < -0.39 is 0 Å². The number of nitrogens with one attached hydrogen (secondary N) is 1. The molecule has 0 aliphatic carbocycles. The van der Waals surface area contributed by atoms with Gasteiger partial charge in [0.05, 0.1) is 6.54 Å². The molecule has 0 saturated heterocycles. The topological polar surface area (TPSA) is 29.1 Å². The molecule has 1 heterocycles. The molecule has 1 aromatic heterocycles. The number of hydrogen-bond donors (Lipinski definition) is 1. The largest absolute Gasteiger partial charge is 0.348 e. The molecular formula is C14H12ClNOS. The summed E-state index contributed by atoms with van der Waals surface area (Å²) in [5.74, 6) is -0.0987. The van der Waals surface area contributed by atoms with E-state index in [9.17, 15) is 4.79 Å². The van der Waals surface area contributed by atoms with Crippen LogP contribution >= 0.6 is 22.9 Å². The van der Waals surface area contributed by atoms with Crippen LogP contribution in [0.25, 0.3) is 6.08 Å². The molecular weight excluding hydrogens is 266 g/mol. The van der Waals surface area contributed by atoms with Gasteiger partial charge < -0.3 is 5.32 Å². The van der Waals surface area contributed by atoms with Gasteiger partial charge in [0.25, 0.3) is 0 Å². The molecule has 0 aliphatic heterocycles. The van der Waals surface area contributed by atoms with Crippen LogP contribution in [0.15, 0.2) is 47.9 Å². The Morgan fingerprint density at radius 1 is 1.28 bits per heavy atom. The van der Waals surface area contributed by atoms with Gasteiger partial charge >= 0.3 is 0 Å². The van der Waals surface area contributed by atoms with Crippen molar-refractivity contribution in [1.82, 2.24) is 5.32 Å². The molecule has 18 heavy (non-hydrogen) atoms. The maximum Gasteiger partial charge on any atom is 0.244 e. The number of benzene rings is 1. The maximum atomic E-state index is 11.6. The van der Waals surface area contributed by atoms with E-state index in [-0.39, 0.29) is 5.91 Å². The van der Waals surface area contributed by atoms with Crippen molar-refractivity contribution in [1.29, 1.82) is 0 Å². The molecule has 4 heteroatoms. The normalized spacial score (nSPS) is 10.7. The molecule has 0 radical (unpaired) electrons. The lowest BCUT2D eigenvalue weighted by Crippen LogP contribution is -2.19. The van der Waals surface area contributed by atoms with E-state index in [1.54, 1.807) is 29.5 Å². The van der Waals surface area contributed by atoms with E-state index in [2.05, 4.69) is 5.32 Å². The van der Waals surface area contributed by atoms with E-state index in [0.717, 1.165) is 10.4 Å². The van der Waals surface area contributed by atoms with Crippen molar-refractivity contribution in [2.75, 3.05) is 0 Å². The predicted molar refractivity (Wildman–Crippen MR) is 76.7 cm³/mol. The zero-order valence-corrected chi connectivity index (χ0v) is 11.2. The van der Waals surface area contributed by atoms with Crippen LogP contribution in [-0.2, 0) is 11.3 Å². The molecule has 2 rings (SSSR count). The molecule has 0 saturated carbocycles. The fourth-order valence-corrected chi connectivity index (χ4v) is 2.16. The van der Waals surface area contributed by atoms with Gasteiger partial charge in [-0.1, -0.05) is 29.8 Å². The third kappa shape index (κ3) is 4.02. The van der Waals surface area contributed by atoms with Crippen molar-refractivity contribution in [2.45, 2.75) is 6.54 Å². The van der Waals surface area contributed by atoms with Crippen LogP contribution in [0.2, 0.25) is 5.02 Å². The quantitative estimate of drug-likeness (QED) is 0.848. The highest BCUT2D eigenvalue weighted by molar-refractivity contribution is 7.09. The number of halogens is 1. The van der Waals surface area contributed by atoms with Crippen molar-refractivity contribution >= 4 is 34.9 Å². The second-order valence-corrected chi connectivity index (χ2v) is 5.15. The maximum absolute atomic E-state index is 11.6.